The quantitative estimate of drug-likeness (QED) is 0.715. The third-order valence-electron chi connectivity index (χ3n) is 2.41. The van der Waals surface area contributed by atoms with Crippen LogP contribution >= 0.6 is 0 Å². The first-order valence-electron chi connectivity index (χ1n) is 4.82. The van der Waals surface area contributed by atoms with Crippen molar-refractivity contribution in [2.24, 2.45) is 0 Å². The number of aryl methyl sites for hydroxylation is 1. The fourth-order valence-corrected chi connectivity index (χ4v) is 1.48. The van der Waals surface area contributed by atoms with Gasteiger partial charge in [-0.2, -0.15) is 0 Å². The van der Waals surface area contributed by atoms with E-state index in [1.165, 1.54) is 7.11 Å². The fraction of sp³-hybridized carbons (Fsp3) is 0.417. The van der Waals surface area contributed by atoms with Crippen molar-refractivity contribution in [2.45, 2.75) is 19.8 Å². The SMILES string of the molecule is COC(=O)C(C)c1ccc(C)cc1OC. The van der Waals surface area contributed by atoms with E-state index < -0.39 is 0 Å². The second-order valence-electron chi connectivity index (χ2n) is 3.49. The molecule has 0 spiro atoms. The van der Waals surface area contributed by atoms with Crippen molar-refractivity contribution >= 4 is 5.97 Å². The monoisotopic (exact) mass is 208 g/mol. The minimum absolute atomic E-state index is 0.253. The van der Waals surface area contributed by atoms with E-state index in [4.69, 9.17) is 9.47 Å². The largest absolute Gasteiger partial charge is 0.496 e. The molecule has 0 aromatic heterocycles. The van der Waals surface area contributed by atoms with Crippen molar-refractivity contribution in [3.63, 3.8) is 0 Å². The highest BCUT2D eigenvalue weighted by Crippen LogP contribution is 2.28. The molecule has 15 heavy (non-hydrogen) atoms. The molecule has 1 atom stereocenters. The molecule has 0 aliphatic heterocycles. The highest BCUT2D eigenvalue weighted by atomic mass is 16.5. The zero-order valence-corrected chi connectivity index (χ0v) is 9.53. The zero-order chi connectivity index (χ0) is 11.4. The lowest BCUT2D eigenvalue weighted by atomic mass is 9.99. The first kappa shape index (κ1) is 11.6. The number of esters is 1. The van der Waals surface area contributed by atoms with E-state index in [0.29, 0.717) is 0 Å². The summed E-state index contributed by atoms with van der Waals surface area (Å²) in [5, 5.41) is 0. The van der Waals surface area contributed by atoms with Crippen molar-refractivity contribution in [3.8, 4) is 5.75 Å². The van der Waals surface area contributed by atoms with E-state index in [2.05, 4.69) is 0 Å². The summed E-state index contributed by atoms with van der Waals surface area (Å²) in [6.45, 7) is 3.79. The molecule has 0 heterocycles. The summed E-state index contributed by atoms with van der Waals surface area (Å²) in [5.41, 5.74) is 1.96. The topological polar surface area (TPSA) is 35.5 Å². The van der Waals surface area contributed by atoms with Crippen LogP contribution in [0.15, 0.2) is 18.2 Å². The maximum Gasteiger partial charge on any atom is 0.312 e. The van der Waals surface area contributed by atoms with Crippen LogP contribution in [0.4, 0.5) is 0 Å². The van der Waals surface area contributed by atoms with Gasteiger partial charge in [-0.3, -0.25) is 4.79 Å². The Bertz CT molecular complexity index is 358. The van der Waals surface area contributed by atoms with E-state index in [9.17, 15) is 4.79 Å². The number of carbonyl (C=O) groups excluding carboxylic acids is 1. The predicted octanol–water partition coefficient (Wildman–Crippen LogP) is 2.28. The van der Waals surface area contributed by atoms with Crippen molar-refractivity contribution in [2.75, 3.05) is 14.2 Å². The van der Waals surface area contributed by atoms with E-state index in [1.54, 1.807) is 14.0 Å². The van der Waals surface area contributed by atoms with Gasteiger partial charge in [0.2, 0.25) is 0 Å². The lowest BCUT2D eigenvalue weighted by Crippen LogP contribution is -2.11. The summed E-state index contributed by atoms with van der Waals surface area (Å²) in [6.07, 6.45) is 0. The zero-order valence-electron chi connectivity index (χ0n) is 9.53. The molecule has 1 unspecified atom stereocenters. The van der Waals surface area contributed by atoms with E-state index in [0.717, 1.165) is 16.9 Å². The van der Waals surface area contributed by atoms with E-state index in [1.807, 2.05) is 25.1 Å². The molecule has 0 amide bonds. The van der Waals surface area contributed by atoms with Gasteiger partial charge in [0, 0.05) is 5.56 Å². The molecule has 82 valence electrons. The Labute approximate surface area is 90.0 Å². The summed E-state index contributed by atoms with van der Waals surface area (Å²) in [5.74, 6) is 0.176. The van der Waals surface area contributed by atoms with Crippen LogP contribution in [0.3, 0.4) is 0 Å². The number of rotatable bonds is 3. The third kappa shape index (κ3) is 2.49. The molecule has 0 saturated carbocycles. The Morgan fingerprint density at radius 3 is 2.53 bits per heavy atom. The Morgan fingerprint density at radius 1 is 1.33 bits per heavy atom. The molecule has 0 bridgehead atoms. The molecule has 1 aromatic rings. The molecule has 0 N–H and O–H groups in total. The van der Waals surface area contributed by atoms with Gasteiger partial charge < -0.3 is 9.47 Å². The number of hydrogen-bond donors (Lipinski definition) is 0. The molecule has 0 saturated heterocycles. The Kier molecular flexibility index (Phi) is 3.72. The molecule has 1 aromatic carbocycles. The summed E-state index contributed by atoms with van der Waals surface area (Å²) in [6, 6.07) is 5.77. The van der Waals surface area contributed by atoms with E-state index in [-0.39, 0.29) is 11.9 Å². The number of methoxy groups -OCH3 is 2. The predicted molar refractivity (Wildman–Crippen MR) is 58.2 cm³/mol. The van der Waals surface area contributed by atoms with Crippen LogP contribution in [0.25, 0.3) is 0 Å². The number of benzene rings is 1. The first-order chi connectivity index (χ1) is 7.10. The van der Waals surface area contributed by atoms with Gasteiger partial charge >= 0.3 is 5.97 Å². The minimum Gasteiger partial charge on any atom is -0.496 e. The molecule has 0 aliphatic carbocycles. The van der Waals surface area contributed by atoms with Crippen LogP contribution in [-0.4, -0.2) is 20.2 Å². The average molecular weight is 208 g/mol. The molecule has 0 fully saturated rings. The van der Waals surface area contributed by atoms with Crippen LogP contribution in [-0.2, 0) is 9.53 Å². The molecular weight excluding hydrogens is 192 g/mol. The highest BCUT2D eigenvalue weighted by Gasteiger charge is 2.19. The summed E-state index contributed by atoms with van der Waals surface area (Å²) < 4.78 is 9.94. The van der Waals surface area contributed by atoms with Gasteiger partial charge in [-0.05, 0) is 25.5 Å². The Balaban J connectivity index is 3.07. The number of ether oxygens (including phenoxy) is 2. The van der Waals surface area contributed by atoms with Crippen molar-refractivity contribution in [3.05, 3.63) is 29.3 Å². The van der Waals surface area contributed by atoms with Crippen molar-refractivity contribution in [1.29, 1.82) is 0 Å². The average Bonchev–Trinajstić information content (AvgIpc) is 2.26. The van der Waals surface area contributed by atoms with Gasteiger partial charge in [0.1, 0.15) is 5.75 Å². The van der Waals surface area contributed by atoms with Crippen LogP contribution in [0, 0.1) is 6.92 Å². The molecule has 3 nitrogen and oxygen atoms in total. The second-order valence-corrected chi connectivity index (χ2v) is 3.49. The van der Waals surface area contributed by atoms with Crippen molar-refractivity contribution in [1.82, 2.24) is 0 Å². The van der Waals surface area contributed by atoms with E-state index >= 15 is 0 Å². The standard InChI is InChI=1S/C12H16O3/c1-8-5-6-10(11(7-8)14-3)9(2)12(13)15-4/h5-7,9H,1-4H3. The smallest absolute Gasteiger partial charge is 0.312 e. The normalized spacial score (nSPS) is 12.0. The lowest BCUT2D eigenvalue weighted by Gasteiger charge is -2.14. The van der Waals surface area contributed by atoms with Gasteiger partial charge in [-0.25, -0.2) is 0 Å². The van der Waals surface area contributed by atoms with Gasteiger partial charge in [0.15, 0.2) is 0 Å². The summed E-state index contributed by atoms with van der Waals surface area (Å²) in [7, 11) is 2.99. The van der Waals surface area contributed by atoms with Gasteiger partial charge in [-0.1, -0.05) is 12.1 Å². The molecule has 0 aliphatic rings. The van der Waals surface area contributed by atoms with Crippen LogP contribution in [0.5, 0.6) is 5.75 Å². The van der Waals surface area contributed by atoms with Crippen LogP contribution in [0.2, 0.25) is 0 Å². The summed E-state index contributed by atoms with van der Waals surface area (Å²) in [4.78, 5) is 11.4. The van der Waals surface area contributed by atoms with Gasteiger partial charge in [-0.15, -0.1) is 0 Å². The molecular formula is C12H16O3. The number of hydrogen-bond acceptors (Lipinski definition) is 3. The molecule has 3 heteroatoms. The second kappa shape index (κ2) is 4.82. The van der Waals surface area contributed by atoms with Crippen molar-refractivity contribution < 1.29 is 14.3 Å². The molecule has 1 rings (SSSR count). The molecule has 0 radical (unpaired) electrons. The maximum absolute atomic E-state index is 11.4. The van der Waals surface area contributed by atoms with Crippen LogP contribution in [0.1, 0.15) is 24.0 Å². The Morgan fingerprint density at radius 2 is 2.00 bits per heavy atom. The maximum atomic E-state index is 11.4. The summed E-state index contributed by atoms with van der Waals surface area (Å²) >= 11 is 0. The third-order valence-corrected chi connectivity index (χ3v) is 2.41. The minimum atomic E-state index is -0.300. The van der Waals surface area contributed by atoms with Gasteiger partial charge in [0.25, 0.3) is 0 Å². The highest BCUT2D eigenvalue weighted by molar-refractivity contribution is 5.78. The number of carbonyl (C=O) groups is 1. The van der Waals surface area contributed by atoms with Gasteiger partial charge in [0.05, 0.1) is 20.1 Å². The van der Waals surface area contributed by atoms with Crippen LogP contribution < -0.4 is 4.74 Å². The Hall–Kier alpha value is -1.51. The first-order valence-corrected chi connectivity index (χ1v) is 4.82. The fourth-order valence-electron chi connectivity index (χ4n) is 1.48. The lowest BCUT2D eigenvalue weighted by molar-refractivity contribution is -0.142.